The molecule has 1 N–H and O–H groups in total. The van der Waals surface area contributed by atoms with E-state index in [1.165, 1.54) is 12.1 Å². The van der Waals surface area contributed by atoms with Crippen molar-refractivity contribution in [3.05, 3.63) is 46.8 Å². The number of nitrogens with one attached hydrogen (secondary N) is 1. The van der Waals surface area contributed by atoms with Crippen LogP contribution in [0.4, 0.5) is 4.39 Å². The second-order valence-corrected chi connectivity index (χ2v) is 6.72. The van der Waals surface area contributed by atoms with Crippen LogP contribution in [-0.2, 0) is 14.4 Å². The summed E-state index contributed by atoms with van der Waals surface area (Å²) < 4.78 is 13.0. The topological polar surface area (TPSA) is 63.2 Å². The molecular formula is C20H24FNO3. The molecular weight excluding hydrogens is 321 g/mol. The summed E-state index contributed by atoms with van der Waals surface area (Å²) in [5, 5.41) is 2.79. The molecule has 5 heteroatoms. The van der Waals surface area contributed by atoms with Crippen molar-refractivity contribution in [2.45, 2.75) is 40.0 Å². The van der Waals surface area contributed by atoms with Crippen LogP contribution >= 0.6 is 0 Å². The number of allylic oxidation sites excluding steroid dienone is 1. The van der Waals surface area contributed by atoms with Crippen molar-refractivity contribution in [2.24, 2.45) is 11.8 Å². The van der Waals surface area contributed by atoms with E-state index in [-0.39, 0.29) is 41.7 Å². The minimum atomic E-state index is -0.418. The number of benzene rings is 1. The van der Waals surface area contributed by atoms with Crippen molar-refractivity contribution >= 4 is 17.5 Å². The number of amides is 1. The van der Waals surface area contributed by atoms with Gasteiger partial charge in [0.15, 0.2) is 11.6 Å². The Morgan fingerprint density at radius 1 is 1.12 bits per heavy atom. The van der Waals surface area contributed by atoms with Gasteiger partial charge in [0.25, 0.3) is 0 Å². The Labute approximate surface area is 147 Å². The summed E-state index contributed by atoms with van der Waals surface area (Å²) in [7, 11) is 0. The maximum absolute atomic E-state index is 13.0. The minimum absolute atomic E-state index is 0.00751. The summed E-state index contributed by atoms with van der Waals surface area (Å²) in [6.45, 7) is 7.26. The van der Waals surface area contributed by atoms with Crippen LogP contribution in [0.5, 0.6) is 0 Å². The lowest BCUT2D eigenvalue weighted by atomic mass is 9.75. The maximum atomic E-state index is 13.0. The average Bonchev–Trinajstić information content (AvgIpc) is 2.61. The van der Waals surface area contributed by atoms with E-state index in [0.29, 0.717) is 17.6 Å². The molecule has 3 atom stereocenters. The van der Waals surface area contributed by atoms with Gasteiger partial charge in [0.2, 0.25) is 5.91 Å². The molecule has 1 aliphatic rings. The highest BCUT2D eigenvalue weighted by atomic mass is 19.1. The van der Waals surface area contributed by atoms with E-state index in [1.807, 2.05) is 0 Å². The first-order chi connectivity index (χ1) is 11.7. The second kappa shape index (κ2) is 7.72. The minimum Gasteiger partial charge on any atom is -0.355 e. The first kappa shape index (κ1) is 19.0. The quantitative estimate of drug-likeness (QED) is 0.891. The highest BCUT2D eigenvalue weighted by molar-refractivity contribution is 6.13. The number of rotatable bonds is 5. The molecule has 0 bridgehead atoms. The van der Waals surface area contributed by atoms with Crippen LogP contribution in [0.1, 0.15) is 45.6 Å². The standard InChI is InChI=1S/C20H24FNO3/c1-11-12(2)19(24)17(14(4)18(11)23)9-10-22-20(25)13(3)15-5-7-16(21)8-6-15/h5-8,11-13H,9-10H2,1-4H3,(H,22,25). The van der Waals surface area contributed by atoms with E-state index in [1.54, 1.807) is 39.8 Å². The molecule has 1 aromatic carbocycles. The first-order valence-corrected chi connectivity index (χ1v) is 8.55. The zero-order valence-electron chi connectivity index (χ0n) is 15.1. The molecule has 134 valence electrons. The van der Waals surface area contributed by atoms with Gasteiger partial charge in [-0.05, 0) is 43.5 Å². The third-order valence-corrected chi connectivity index (χ3v) is 5.13. The van der Waals surface area contributed by atoms with Crippen molar-refractivity contribution in [2.75, 3.05) is 6.54 Å². The third-order valence-electron chi connectivity index (χ3n) is 5.13. The Morgan fingerprint density at radius 2 is 1.68 bits per heavy atom. The maximum Gasteiger partial charge on any atom is 0.227 e. The van der Waals surface area contributed by atoms with Gasteiger partial charge < -0.3 is 5.32 Å². The molecule has 25 heavy (non-hydrogen) atoms. The predicted molar refractivity (Wildman–Crippen MR) is 93.5 cm³/mol. The molecule has 0 spiro atoms. The van der Waals surface area contributed by atoms with E-state index in [2.05, 4.69) is 5.32 Å². The van der Waals surface area contributed by atoms with E-state index >= 15 is 0 Å². The third kappa shape index (κ3) is 4.03. The fourth-order valence-electron chi connectivity index (χ4n) is 3.08. The zero-order chi connectivity index (χ0) is 18.7. The molecule has 2 rings (SSSR count). The van der Waals surface area contributed by atoms with E-state index in [0.717, 1.165) is 5.56 Å². The van der Waals surface area contributed by atoms with Crippen molar-refractivity contribution in [1.82, 2.24) is 5.32 Å². The molecule has 0 radical (unpaired) electrons. The molecule has 0 fully saturated rings. The van der Waals surface area contributed by atoms with Crippen LogP contribution in [0.15, 0.2) is 35.4 Å². The first-order valence-electron chi connectivity index (χ1n) is 8.55. The number of carbonyl (C=O) groups is 3. The van der Waals surface area contributed by atoms with Crippen LogP contribution in [0, 0.1) is 17.7 Å². The fraction of sp³-hybridized carbons (Fsp3) is 0.450. The molecule has 0 aliphatic heterocycles. The summed E-state index contributed by atoms with van der Waals surface area (Å²) >= 11 is 0. The van der Waals surface area contributed by atoms with Gasteiger partial charge in [-0.1, -0.05) is 26.0 Å². The average molecular weight is 345 g/mol. The highest BCUT2D eigenvalue weighted by Gasteiger charge is 2.35. The zero-order valence-corrected chi connectivity index (χ0v) is 15.1. The Morgan fingerprint density at radius 3 is 2.28 bits per heavy atom. The molecule has 0 saturated heterocycles. The largest absolute Gasteiger partial charge is 0.355 e. The SMILES string of the molecule is CC1=C(CCNC(=O)C(C)c2ccc(F)cc2)C(=O)C(C)C(C)C1=O. The Hall–Kier alpha value is -2.30. The monoisotopic (exact) mass is 345 g/mol. The van der Waals surface area contributed by atoms with Gasteiger partial charge in [0.1, 0.15) is 5.82 Å². The molecule has 4 nitrogen and oxygen atoms in total. The van der Waals surface area contributed by atoms with Gasteiger partial charge in [-0.2, -0.15) is 0 Å². The van der Waals surface area contributed by atoms with Crippen molar-refractivity contribution in [1.29, 1.82) is 0 Å². The number of carbonyl (C=O) groups excluding carboxylic acids is 3. The summed E-state index contributed by atoms with van der Waals surface area (Å²) in [5.41, 5.74) is 1.75. The lowest BCUT2D eigenvalue weighted by Gasteiger charge is -2.26. The van der Waals surface area contributed by atoms with Gasteiger partial charge in [0, 0.05) is 24.0 Å². The highest BCUT2D eigenvalue weighted by Crippen LogP contribution is 2.29. The van der Waals surface area contributed by atoms with Crippen LogP contribution < -0.4 is 5.32 Å². The van der Waals surface area contributed by atoms with Gasteiger partial charge in [0.05, 0.1) is 5.92 Å². The summed E-state index contributed by atoms with van der Waals surface area (Å²) in [5.74, 6) is -1.57. The van der Waals surface area contributed by atoms with Crippen molar-refractivity contribution in [3.8, 4) is 0 Å². The van der Waals surface area contributed by atoms with Crippen molar-refractivity contribution in [3.63, 3.8) is 0 Å². The predicted octanol–water partition coefficient (Wildman–Crippen LogP) is 3.18. The molecule has 1 amide bonds. The lowest BCUT2D eigenvalue weighted by Crippen LogP contribution is -2.36. The summed E-state index contributed by atoms with van der Waals surface area (Å²) in [6, 6.07) is 5.81. The van der Waals surface area contributed by atoms with Crippen LogP contribution in [0.3, 0.4) is 0 Å². The van der Waals surface area contributed by atoms with Crippen molar-refractivity contribution < 1.29 is 18.8 Å². The van der Waals surface area contributed by atoms with Gasteiger partial charge in [-0.3, -0.25) is 14.4 Å². The lowest BCUT2D eigenvalue weighted by molar-refractivity contribution is -0.129. The number of hydrogen-bond acceptors (Lipinski definition) is 3. The van der Waals surface area contributed by atoms with Crippen LogP contribution in [0.2, 0.25) is 0 Å². The fourth-order valence-corrected chi connectivity index (χ4v) is 3.08. The molecule has 1 aliphatic carbocycles. The second-order valence-electron chi connectivity index (χ2n) is 6.72. The van der Waals surface area contributed by atoms with E-state index < -0.39 is 5.92 Å². The number of halogens is 1. The Balaban J connectivity index is 1.97. The molecule has 0 aromatic heterocycles. The Bertz CT molecular complexity index is 721. The van der Waals surface area contributed by atoms with Crippen LogP contribution in [-0.4, -0.2) is 24.0 Å². The van der Waals surface area contributed by atoms with Gasteiger partial charge in [-0.25, -0.2) is 4.39 Å². The smallest absolute Gasteiger partial charge is 0.227 e. The molecule has 0 saturated carbocycles. The van der Waals surface area contributed by atoms with Gasteiger partial charge >= 0.3 is 0 Å². The molecule has 3 unspecified atom stereocenters. The van der Waals surface area contributed by atoms with E-state index in [4.69, 9.17) is 0 Å². The van der Waals surface area contributed by atoms with Crippen LogP contribution in [0.25, 0.3) is 0 Å². The number of hydrogen-bond donors (Lipinski definition) is 1. The summed E-state index contributed by atoms with van der Waals surface area (Å²) in [4.78, 5) is 36.8. The number of Topliss-reactive ketones (excluding diaryl/α,β-unsaturated/α-hetero) is 2. The van der Waals surface area contributed by atoms with E-state index in [9.17, 15) is 18.8 Å². The Kier molecular flexibility index (Phi) is 5.88. The normalized spacial score (nSPS) is 22.1. The molecule has 0 heterocycles. The summed E-state index contributed by atoms with van der Waals surface area (Å²) in [6.07, 6.45) is 0.343. The van der Waals surface area contributed by atoms with Gasteiger partial charge in [-0.15, -0.1) is 0 Å². The molecule has 1 aromatic rings. The number of ketones is 2.